The van der Waals surface area contributed by atoms with Gasteiger partial charge in [0, 0.05) is 24.1 Å². The summed E-state index contributed by atoms with van der Waals surface area (Å²) in [6.07, 6.45) is 1.22. The van der Waals surface area contributed by atoms with E-state index in [1.165, 1.54) is 5.56 Å². The Labute approximate surface area is 146 Å². The molecular formula is C20H32N2O2. The van der Waals surface area contributed by atoms with E-state index in [0.717, 1.165) is 12.1 Å². The minimum Gasteiger partial charge on any atom is -0.326 e. The van der Waals surface area contributed by atoms with E-state index in [0.29, 0.717) is 0 Å². The minimum atomic E-state index is -0.349. The molecular weight excluding hydrogens is 300 g/mol. The number of ketones is 1. The largest absolute Gasteiger partial charge is 0.326 e. The molecule has 0 aliphatic carbocycles. The Morgan fingerprint density at radius 2 is 1.58 bits per heavy atom. The number of benzene rings is 1. The second-order valence-corrected chi connectivity index (χ2v) is 7.15. The number of anilines is 1. The average molecular weight is 332 g/mol. The molecule has 0 spiro atoms. The summed E-state index contributed by atoms with van der Waals surface area (Å²) in [6, 6.07) is 7.86. The van der Waals surface area contributed by atoms with Gasteiger partial charge in [-0.25, -0.2) is 0 Å². The molecule has 0 radical (unpaired) electrons. The van der Waals surface area contributed by atoms with E-state index in [1.54, 1.807) is 6.92 Å². The van der Waals surface area contributed by atoms with Crippen LogP contribution in [0.2, 0.25) is 0 Å². The minimum absolute atomic E-state index is 0.0997. The topological polar surface area (TPSA) is 58.2 Å². The third kappa shape index (κ3) is 6.44. The number of carbonyl (C=O) groups is 2. The number of hydrogen-bond donors (Lipinski definition) is 2. The van der Waals surface area contributed by atoms with Crippen molar-refractivity contribution in [1.29, 1.82) is 0 Å². The molecule has 2 atom stereocenters. The van der Waals surface area contributed by atoms with Gasteiger partial charge in [0.2, 0.25) is 5.91 Å². The first kappa shape index (κ1) is 20.4. The van der Waals surface area contributed by atoms with Crippen molar-refractivity contribution >= 4 is 17.4 Å². The molecule has 134 valence electrons. The summed E-state index contributed by atoms with van der Waals surface area (Å²) in [5.74, 6) is -0.155. The number of carbonyl (C=O) groups excluding carboxylic acids is 2. The smallest absolute Gasteiger partial charge is 0.227 e. The van der Waals surface area contributed by atoms with Crippen LogP contribution in [-0.4, -0.2) is 23.8 Å². The molecule has 0 heterocycles. The number of nitrogens with one attached hydrogen (secondary N) is 2. The fraction of sp³-hybridized carbons (Fsp3) is 0.600. The normalized spacial score (nSPS) is 13.8. The lowest BCUT2D eigenvalue weighted by molar-refractivity contribution is -0.127. The van der Waals surface area contributed by atoms with E-state index in [1.807, 2.05) is 52.0 Å². The fourth-order valence-electron chi connectivity index (χ4n) is 2.63. The lowest BCUT2D eigenvalue weighted by atomic mass is 9.92. The van der Waals surface area contributed by atoms with E-state index >= 15 is 0 Å². The van der Waals surface area contributed by atoms with Crippen molar-refractivity contribution in [3.8, 4) is 0 Å². The van der Waals surface area contributed by atoms with Crippen molar-refractivity contribution in [2.75, 3.05) is 5.32 Å². The molecule has 1 aromatic rings. The molecule has 0 aliphatic rings. The second kappa shape index (κ2) is 9.58. The van der Waals surface area contributed by atoms with Gasteiger partial charge in [0.15, 0.2) is 5.78 Å². The molecule has 0 bridgehead atoms. The predicted octanol–water partition coefficient (Wildman–Crippen LogP) is 3.81. The number of rotatable bonds is 9. The van der Waals surface area contributed by atoms with Crippen LogP contribution < -0.4 is 10.6 Å². The van der Waals surface area contributed by atoms with Crippen molar-refractivity contribution in [2.45, 2.75) is 66.5 Å². The van der Waals surface area contributed by atoms with E-state index in [4.69, 9.17) is 0 Å². The molecule has 0 saturated carbocycles. The summed E-state index contributed by atoms with van der Waals surface area (Å²) in [5.41, 5.74) is 2.01. The fourth-order valence-corrected chi connectivity index (χ4v) is 2.63. The molecule has 1 amide bonds. The van der Waals surface area contributed by atoms with E-state index in [-0.39, 0.29) is 42.0 Å². The summed E-state index contributed by atoms with van der Waals surface area (Å²) >= 11 is 0. The molecule has 0 unspecified atom stereocenters. The number of aryl methyl sites for hydroxylation is 1. The zero-order valence-electron chi connectivity index (χ0n) is 15.8. The summed E-state index contributed by atoms with van der Waals surface area (Å²) in [5, 5.41) is 6.20. The lowest BCUT2D eigenvalue weighted by Crippen LogP contribution is -2.45. The molecule has 0 aliphatic heterocycles. The van der Waals surface area contributed by atoms with E-state index in [9.17, 15) is 9.59 Å². The maximum absolute atomic E-state index is 12.5. The molecule has 1 aromatic carbocycles. The van der Waals surface area contributed by atoms with Gasteiger partial charge in [0.05, 0.1) is 6.04 Å². The Morgan fingerprint density at radius 3 is 2.04 bits per heavy atom. The summed E-state index contributed by atoms with van der Waals surface area (Å²) in [6.45, 7) is 12.0. The average Bonchev–Trinajstić information content (AvgIpc) is 2.52. The summed E-state index contributed by atoms with van der Waals surface area (Å²) in [7, 11) is 0. The van der Waals surface area contributed by atoms with Crippen LogP contribution in [0, 0.1) is 11.8 Å². The van der Waals surface area contributed by atoms with Crippen LogP contribution in [0.25, 0.3) is 0 Å². The highest BCUT2D eigenvalue weighted by molar-refractivity contribution is 5.96. The Hall–Kier alpha value is -1.68. The van der Waals surface area contributed by atoms with Crippen LogP contribution in [-0.2, 0) is 16.0 Å². The molecule has 4 nitrogen and oxygen atoms in total. The van der Waals surface area contributed by atoms with Crippen LogP contribution in [0.5, 0.6) is 0 Å². The van der Waals surface area contributed by atoms with Crippen molar-refractivity contribution in [1.82, 2.24) is 5.32 Å². The van der Waals surface area contributed by atoms with Gasteiger partial charge in [-0.1, -0.05) is 53.7 Å². The van der Waals surface area contributed by atoms with Crippen LogP contribution in [0.3, 0.4) is 0 Å². The number of Topliss-reactive ketones (excluding diaryl/α,β-unsaturated/α-hetero) is 1. The molecule has 4 heteroatoms. The molecule has 24 heavy (non-hydrogen) atoms. The van der Waals surface area contributed by atoms with Crippen LogP contribution in [0.4, 0.5) is 5.69 Å². The van der Waals surface area contributed by atoms with Crippen molar-refractivity contribution in [3.05, 3.63) is 29.8 Å². The lowest BCUT2D eigenvalue weighted by Gasteiger charge is -2.24. The first-order chi connectivity index (χ1) is 11.2. The Morgan fingerprint density at radius 1 is 1.00 bits per heavy atom. The van der Waals surface area contributed by atoms with Gasteiger partial charge >= 0.3 is 0 Å². The van der Waals surface area contributed by atoms with Crippen molar-refractivity contribution < 1.29 is 9.59 Å². The maximum Gasteiger partial charge on any atom is 0.227 e. The second-order valence-electron chi connectivity index (χ2n) is 7.15. The quantitative estimate of drug-likeness (QED) is 0.723. The van der Waals surface area contributed by atoms with Crippen LogP contribution in [0.1, 0.15) is 53.5 Å². The van der Waals surface area contributed by atoms with Crippen LogP contribution in [0.15, 0.2) is 24.3 Å². The Bertz CT molecular complexity index is 535. The zero-order chi connectivity index (χ0) is 18.3. The van der Waals surface area contributed by atoms with E-state index in [2.05, 4.69) is 17.6 Å². The third-order valence-corrected chi connectivity index (χ3v) is 4.11. The highest BCUT2D eigenvalue weighted by Crippen LogP contribution is 2.15. The van der Waals surface area contributed by atoms with Gasteiger partial charge < -0.3 is 10.6 Å². The van der Waals surface area contributed by atoms with Gasteiger partial charge in [-0.05, 0) is 30.0 Å². The monoisotopic (exact) mass is 332 g/mol. The maximum atomic E-state index is 12.5. The Balaban J connectivity index is 2.62. The van der Waals surface area contributed by atoms with Crippen molar-refractivity contribution in [3.63, 3.8) is 0 Å². The van der Waals surface area contributed by atoms with Crippen molar-refractivity contribution in [2.24, 2.45) is 11.8 Å². The molecule has 0 fully saturated rings. The first-order valence-corrected chi connectivity index (χ1v) is 8.93. The first-order valence-electron chi connectivity index (χ1n) is 8.93. The molecule has 1 rings (SSSR count). The van der Waals surface area contributed by atoms with Gasteiger partial charge in [-0.15, -0.1) is 0 Å². The molecule has 0 saturated heterocycles. The Kier molecular flexibility index (Phi) is 8.13. The van der Waals surface area contributed by atoms with Gasteiger partial charge in [-0.2, -0.15) is 0 Å². The highest BCUT2D eigenvalue weighted by atomic mass is 16.2. The predicted molar refractivity (Wildman–Crippen MR) is 100 cm³/mol. The summed E-state index contributed by atoms with van der Waals surface area (Å²) < 4.78 is 0. The number of amides is 1. The summed E-state index contributed by atoms with van der Waals surface area (Å²) in [4.78, 5) is 24.9. The van der Waals surface area contributed by atoms with Gasteiger partial charge in [0.1, 0.15) is 0 Å². The van der Waals surface area contributed by atoms with Gasteiger partial charge in [-0.3, -0.25) is 9.59 Å². The SMILES string of the molecule is CCc1ccc(NC(=O)[C@H](C)CC(=O)[C@@H](NC(C)C)C(C)C)cc1. The number of hydrogen-bond acceptors (Lipinski definition) is 3. The standard InChI is InChI=1S/C20H32N2O2/c1-7-16-8-10-17(11-9-16)22-20(24)15(6)12-18(23)19(13(2)3)21-14(4)5/h8-11,13-15,19,21H,7,12H2,1-6H3,(H,22,24)/t15-,19+/m1/s1. The highest BCUT2D eigenvalue weighted by Gasteiger charge is 2.26. The third-order valence-electron chi connectivity index (χ3n) is 4.11. The zero-order valence-corrected chi connectivity index (χ0v) is 15.8. The molecule has 0 aromatic heterocycles. The molecule has 2 N–H and O–H groups in total. The van der Waals surface area contributed by atoms with E-state index < -0.39 is 0 Å². The van der Waals surface area contributed by atoms with Gasteiger partial charge in [0.25, 0.3) is 0 Å². The van der Waals surface area contributed by atoms with Crippen LogP contribution >= 0.6 is 0 Å².